The van der Waals surface area contributed by atoms with Crippen molar-refractivity contribution < 1.29 is 0 Å². The van der Waals surface area contributed by atoms with Crippen LogP contribution in [0.15, 0.2) is 0 Å². The van der Waals surface area contributed by atoms with Gasteiger partial charge in [0.15, 0.2) is 0 Å². The van der Waals surface area contributed by atoms with Crippen LogP contribution in [0.5, 0.6) is 0 Å². The molecule has 0 radical (unpaired) electrons. The van der Waals surface area contributed by atoms with Gasteiger partial charge in [-0.2, -0.15) is 0 Å². The number of hydrogen-bond acceptors (Lipinski definition) is 2. The molecule has 0 atom stereocenters. The van der Waals surface area contributed by atoms with E-state index in [0.29, 0.717) is 5.54 Å². The van der Waals surface area contributed by atoms with Crippen molar-refractivity contribution in [3.8, 4) is 0 Å². The summed E-state index contributed by atoms with van der Waals surface area (Å²) >= 11 is 0. The molecule has 0 unspecified atom stereocenters. The van der Waals surface area contributed by atoms with E-state index in [1.165, 1.54) is 32.2 Å². The second-order valence-electron chi connectivity index (χ2n) is 5.21. The Morgan fingerprint density at radius 3 is 2.31 bits per heavy atom. The molecule has 76 valence electrons. The first-order valence-electron chi connectivity index (χ1n) is 5.65. The van der Waals surface area contributed by atoms with E-state index >= 15 is 0 Å². The summed E-state index contributed by atoms with van der Waals surface area (Å²) in [6.07, 6.45) is 5.50. The Morgan fingerprint density at radius 2 is 2.00 bits per heavy atom. The van der Waals surface area contributed by atoms with Crippen LogP contribution in [0.4, 0.5) is 0 Å². The zero-order chi connectivity index (χ0) is 9.47. The monoisotopic (exact) mass is 182 g/mol. The van der Waals surface area contributed by atoms with Gasteiger partial charge in [0.25, 0.3) is 0 Å². The molecule has 13 heavy (non-hydrogen) atoms. The van der Waals surface area contributed by atoms with Crippen LogP contribution in [-0.2, 0) is 0 Å². The molecule has 0 bridgehead atoms. The van der Waals surface area contributed by atoms with Crippen LogP contribution in [0, 0.1) is 5.92 Å². The van der Waals surface area contributed by atoms with Crippen molar-refractivity contribution in [3.05, 3.63) is 0 Å². The topological polar surface area (TPSA) is 29.3 Å². The molecule has 0 aromatic heterocycles. The predicted octanol–water partition coefficient (Wildman–Crippen LogP) is 1.60. The molecule has 0 saturated heterocycles. The zero-order valence-electron chi connectivity index (χ0n) is 8.92. The van der Waals surface area contributed by atoms with Crippen LogP contribution in [0.25, 0.3) is 0 Å². The predicted molar refractivity (Wildman–Crippen MR) is 55.6 cm³/mol. The Kier molecular flexibility index (Phi) is 2.37. The highest BCUT2D eigenvalue weighted by molar-refractivity contribution is 5.08. The number of nitrogens with two attached hydrogens (primary N) is 1. The minimum absolute atomic E-state index is 0.436. The van der Waals surface area contributed by atoms with Crippen molar-refractivity contribution >= 4 is 0 Å². The molecular formula is C11H22N2. The largest absolute Gasteiger partial charge is 0.329 e. The van der Waals surface area contributed by atoms with Crippen LogP contribution >= 0.6 is 0 Å². The van der Waals surface area contributed by atoms with Crippen molar-refractivity contribution in [1.29, 1.82) is 0 Å². The summed E-state index contributed by atoms with van der Waals surface area (Å²) in [4.78, 5) is 2.71. The van der Waals surface area contributed by atoms with Gasteiger partial charge < -0.3 is 5.73 Å². The first-order chi connectivity index (χ1) is 6.18. The van der Waals surface area contributed by atoms with Crippen molar-refractivity contribution in [2.45, 2.75) is 51.1 Å². The highest BCUT2D eigenvalue weighted by Gasteiger charge is 2.51. The molecule has 0 spiro atoms. The van der Waals surface area contributed by atoms with Crippen LogP contribution in [-0.4, -0.2) is 29.6 Å². The SMILES string of the molecule is CC(C)CN(C1CC1)C1(CN)CC1. The van der Waals surface area contributed by atoms with Gasteiger partial charge in [0.1, 0.15) is 0 Å². The molecule has 2 aliphatic rings. The summed E-state index contributed by atoms with van der Waals surface area (Å²) in [6, 6.07) is 0.883. The summed E-state index contributed by atoms with van der Waals surface area (Å²) in [5, 5.41) is 0. The third kappa shape index (κ3) is 1.89. The lowest BCUT2D eigenvalue weighted by atomic mass is 10.1. The van der Waals surface area contributed by atoms with Gasteiger partial charge in [-0.05, 0) is 31.6 Å². The van der Waals surface area contributed by atoms with Gasteiger partial charge in [-0.3, -0.25) is 4.90 Å². The minimum Gasteiger partial charge on any atom is -0.329 e. The summed E-state index contributed by atoms with van der Waals surface area (Å²) < 4.78 is 0. The molecule has 0 amide bonds. The summed E-state index contributed by atoms with van der Waals surface area (Å²) in [5.74, 6) is 0.782. The molecule has 2 rings (SSSR count). The highest BCUT2D eigenvalue weighted by atomic mass is 15.3. The maximum atomic E-state index is 5.87. The summed E-state index contributed by atoms with van der Waals surface area (Å²) in [7, 11) is 0. The highest BCUT2D eigenvalue weighted by Crippen LogP contribution is 2.46. The van der Waals surface area contributed by atoms with Crippen LogP contribution in [0.2, 0.25) is 0 Å². The third-order valence-corrected chi connectivity index (χ3v) is 3.37. The van der Waals surface area contributed by atoms with Crippen LogP contribution in [0.3, 0.4) is 0 Å². The number of nitrogens with zero attached hydrogens (tertiary/aromatic N) is 1. The van der Waals surface area contributed by atoms with Crippen molar-refractivity contribution in [2.75, 3.05) is 13.1 Å². The lowest BCUT2D eigenvalue weighted by Crippen LogP contribution is -2.46. The van der Waals surface area contributed by atoms with Gasteiger partial charge in [-0.15, -0.1) is 0 Å². The lowest BCUT2D eigenvalue weighted by molar-refractivity contribution is 0.151. The van der Waals surface area contributed by atoms with Crippen LogP contribution < -0.4 is 5.73 Å². The Hall–Kier alpha value is -0.0800. The summed E-state index contributed by atoms with van der Waals surface area (Å²) in [5.41, 5.74) is 6.31. The molecule has 2 nitrogen and oxygen atoms in total. The lowest BCUT2D eigenvalue weighted by Gasteiger charge is -2.32. The Morgan fingerprint density at radius 1 is 1.38 bits per heavy atom. The molecule has 0 aromatic carbocycles. The second-order valence-corrected chi connectivity index (χ2v) is 5.21. The fourth-order valence-electron chi connectivity index (χ4n) is 2.26. The molecule has 0 aliphatic heterocycles. The van der Waals surface area contributed by atoms with E-state index in [1.54, 1.807) is 0 Å². The Bertz CT molecular complexity index is 181. The van der Waals surface area contributed by atoms with Gasteiger partial charge >= 0.3 is 0 Å². The first-order valence-corrected chi connectivity index (χ1v) is 5.65. The molecule has 2 saturated carbocycles. The fourth-order valence-corrected chi connectivity index (χ4v) is 2.26. The van der Waals surface area contributed by atoms with Gasteiger partial charge in [-0.25, -0.2) is 0 Å². The van der Waals surface area contributed by atoms with E-state index in [4.69, 9.17) is 5.73 Å². The van der Waals surface area contributed by atoms with Crippen molar-refractivity contribution in [3.63, 3.8) is 0 Å². The minimum atomic E-state index is 0.436. The molecule has 2 aliphatic carbocycles. The Labute approximate surface area is 81.5 Å². The maximum absolute atomic E-state index is 5.87. The second kappa shape index (κ2) is 3.25. The van der Waals surface area contributed by atoms with Gasteiger partial charge in [0.2, 0.25) is 0 Å². The molecule has 0 heterocycles. The standard InChI is InChI=1S/C11H22N2/c1-9(2)7-13(10-3-4-10)11(8-12)5-6-11/h9-10H,3-8,12H2,1-2H3. The molecule has 2 fully saturated rings. The number of rotatable bonds is 5. The normalized spacial score (nSPS) is 25.6. The zero-order valence-corrected chi connectivity index (χ0v) is 8.92. The summed E-state index contributed by atoms with van der Waals surface area (Å²) in [6.45, 7) is 6.74. The van der Waals surface area contributed by atoms with Crippen molar-refractivity contribution in [1.82, 2.24) is 4.90 Å². The van der Waals surface area contributed by atoms with Gasteiger partial charge in [-0.1, -0.05) is 13.8 Å². The van der Waals surface area contributed by atoms with Crippen LogP contribution in [0.1, 0.15) is 39.5 Å². The average molecular weight is 182 g/mol. The molecule has 0 aromatic rings. The van der Waals surface area contributed by atoms with Crippen molar-refractivity contribution in [2.24, 2.45) is 11.7 Å². The Balaban J connectivity index is 1.96. The average Bonchev–Trinajstić information content (AvgIpc) is 2.97. The van der Waals surface area contributed by atoms with Gasteiger partial charge in [0.05, 0.1) is 0 Å². The van der Waals surface area contributed by atoms with E-state index < -0.39 is 0 Å². The van der Waals surface area contributed by atoms with E-state index in [2.05, 4.69) is 18.7 Å². The van der Waals surface area contributed by atoms with E-state index in [0.717, 1.165) is 18.5 Å². The quantitative estimate of drug-likeness (QED) is 0.699. The maximum Gasteiger partial charge on any atom is 0.0336 e. The number of hydrogen-bond donors (Lipinski definition) is 1. The van der Waals surface area contributed by atoms with E-state index in [1.807, 2.05) is 0 Å². The smallest absolute Gasteiger partial charge is 0.0336 e. The molecular weight excluding hydrogens is 160 g/mol. The molecule has 2 N–H and O–H groups in total. The first kappa shape index (κ1) is 9.47. The third-order valence-electron chi connectivity index (χ3n) is 3.37. The fraction of sp³-hybridized carbons (Fsp3) is 1.00. The molecule has 2 heteroatoms. The van der Waals surface area contributed by atoms with E-state index in [9.17, 15) is 0 Å². The van der Waals surface area contributed by atoms with Gasteiger partial charge in [0, 0.05) is 24.7 Å². The van der Waals surface area contributed by atoms with E-state index in [-0.39, 0.29) is 0 Å².